The monoisotopic (exact) mass is 390 g/mol. The Hall–Kier alpha value is -2.58. The fourth-order valence-corrected chi connectivity index (χ4v) is 4.79. The van der Waals surface area contributed by atoms with Crippen LogP contribution in [0.3, 0.4) is 0 Å². The van der Waals surface area contributed by atoms with Crippen molar-refractivity contribution in [1.82, 2.24) is 0 Å². The molecule has 0 aliphatic carbocycles. The van der Waals surface area contributed by atoms with Crippen LogP contribution in [-0.4, -0.2) is 21.7 Å². The van der Waals surface area contributed by atoms with Gasteiger partial charge in [0.05, 0.1) is 10.6 Å². The Balaban J connectivity index is 1.65. The smallest absolute Gasteiger partial charge is 0.348 e. The number of hydrogen-bond acceptors (Lipinski definition) is 6. The molecule has 2 aliphatic heterocycles. The molecule has 7 nitrogen and oxygen atoms in total. The zero-order valence-corrected chi connectivity index (χ0v) is 14.7. The van der Waals surface area contributed by atoms with Gasteiger partial charge in [-0.3, -0.25) is 19.8 Å². The second-order valence-corrected chi connectivity index (χ2v) is 7.57. The summed E-state index contributed by atoms with van der Waals surface area (Å²) in [6, 6.07) is 11.0. The molecule has 26 heavy (non-hydrogen) atoms. The summed E-state index contributed by atoms with van der Waals surface area (Å²) in [4.78, 5) is 36.7. The number of thioether (sulfide) groups is 1. The van der Waals surface area contributed by atoms with E-state index in [2.05, 4.69) is 0 Å². The summed E-state index contributed by atoms with van der Waals surface area (Å²) in [5, 5.41) is 10.7. The number of fused-ring (bicyclic) bond motifs is 3. The van der Waals surface area contributed by atoms with Crippen molar-refractivity contribution in [1.29, 1.82) is 0 Å². The van der Waals surface area contributed by atoms with E-state index < -0.39 is 15.8 Å². The van der Waals surface area contributed by atoms with Gasteiger partial charge in [-0.1, -0.05) is 35.5 Å². The average molecular weight is 391 g/mol. The maximum atomic E-state index is 12.9. The van der Waals surface area contributed by atoms with Crippen LogP contribution in [-0.2, 0) is 9.59 Å². The third kappa shape index (κ3) is 2.45. The second kappa shape index (κ2) is 6.00. The highest BCUT2D eigenvalue weighted by Gasteiger charge is 2.58. The Morgan fingerprint density at radius 3 is 2.81 bits per heavy atom. The molecule has 0 bridgehead atoms. The zero-order valence-electron chi connectivity index (χ0n) is 13.2. The fraction of sp³-hybridized carbons (Fsp3) is 0.176. The van der Waals surface area contributed by atoms with Crippen LogP contribution in [0.5, 0.6) is 5.75 Å². The highest BCUT2D eigenvalue weighted by atomic mass is 35.5. The Kier molecular flexibility index (Phi) is 3.89. The highest BCUT2D eigenvalue weighted by Crippen LogP contribution is 2.56. The molecule has 0 radical (unpaired) electrons. The van der Waals surface area contributed by atoms with E-state index >= 15 is 0 Å². The molecule has 9 heteroatoms. The van der Waals surface area contributed by atoms with Crippen molar-refractivity contribution in [2.45, 2.75) is 22.6 Å². The highest BCUT2D eigenvalue weighted by molar-refractivity contribution is 8.02. The van der Waals surface area contributed by atoms with Crippen molar-refractivity contribution >= 4 is 46.6 Å². The Labute approximate surface area is 157 Å². The summed E-state index contributed by atoms with van der Waals surface area (Å²) in [5.41, 5.74) is 0.420. The van der Waals surface area contributed by atoms with Crippen molar-refractivity contribution in [3.63, 3.8) is 0 Å². The first-order chi connectivity index (χ1) is 12.4. The molecule has 2 aromatic carbocycles. The molecule has 0 aromatic heterocycles. The van der Waals surface area contributed by atoms with Crippen LogP contribution in [0, 0.1) is 10.1 Å². The number of carbonyl (C=O) groups is 2. The van der Waals surface area contributed by atoms with E-state index in [1.54, 1.807) is 6.07 Å². The van der Waals surface area contributed by atoms with E-state index in [0.717, 1.165) is 4.90 Å². The molecule has 0 N–H and O–H groups in total. The number of anilines is 1. The predicted molar refractivity (Wildman–Crippen MR) is 95.5 cm³/mol. The number of benzene rings is 2. The summed E-state index contributed by atoms with van der Waals surface area (Å²) >= 11 is 7.16. The Morgan fingerprint density at radius 2 is 2.08 bits per heavy atom. The largest absolute Gasteiger partial charge is 0.424 e. The van der Waals surface area contributed by atoms with Gasteiger partial charge in [0.1, 0.15) is 10.8 Å². The number of esters is 1. The molecule has 2 heterocycles. The number of nitro benzene ring substituents is 1. The number of nitrogens with zero attached hydrogens (tertiary/aromatic N) is 2. The van der Waals surface area contributed by atoms with Gasteiger partial charge in [-0.2, -0.15) is 0 Å². The summed E-state index contributed by atoms with van der Waals surface area (Å²) in [7, 11) is 0. The van der Waals surface area contributed by atoms with Gasteiger partial charge in [0.25, 0.3) is 5.69 Å². The molecule has 1 amide bonds. The van der Waals surface area contributed by atoms with Gasteiger partial charge >= 0.3 is 5.97 Å². The van der Waals surface area contributed by atoms with E-state index in [-0.39, 0.29) is 28.8 Å². The molecule has 1 saturated heterocycles. The van der Waals surface area contributed by atoms with E-state index in [4.69, 9.17) is 16.3 Å². The van der Waals surface area contributed by atoms with Crippen molar-refractivity contribution in [2.75, 3.05) is 4.90 Å². The standard InChI is InChI=1S/C17H11ClN2O5S/c18-11-9-10(5-6-12(11)20(23)24)25-16(22)17-8-7-15(21)19(17)13-3-1-2-4-14(13)26-17/h1-6,9H,7-8H2. The van der Waals surface area contributed by atoms with Gasteiger partial charge < -0.3 is 4.74 Å². The first-order valence-corrected chi connectivity index (χ1v) is 8.89. The van der Waals surface area contributed by atoms with Crippen molar-refractivity contribution < 1.29 is 19.2 Å². The first kappa shape index (κ1) is 16.9. The quantitative estimate of drug-likeness (QED) is 0.343. The molecule has 1 unspecified atom stereocenters. The predicted octanol–water partition coefficient (Wildman–Crippen LogP) is 3.78. The van der Waals surface area contributed by atoms with Crippen LogP contribution in [0.15, 0.2) is 47.4 Å². The minimum absolute atomic E-state index is 0.0934. The first-order valence-electron chi connectivity index (χ1n) is 7.70. The van der Waals surface area contributed by atoms with Crippen LogP contribution >= 0.6 is 23.4 Å². The molecular weight excluding hydrogens is 380 g/mol. The van der Waals surface area contributed by atoms with Gasteiger partial charge in [0, 0.05) is 29.9 Å². The number of halogens is 1. The number of carbonyl (C=O) groups excluding carboxylic acids is 2. The lowest BCUT2D eigenvalue weighted by molar-refractivity contribution is -0.384. The van der Waals surface area contributed by atoms with Crippen molar-refractivity contribution in [3.05, 3.63) is 57.6 Å². The SMILES string of the molecule is O=C1CCC2(C(=O)Oc3ccc([N+](=O)[O-])c(Cl)c3)Sc3ccccc3N12. The van der Waals surface area contributed by atoms with Gasteiger partial charge in [-0.25, -0.2) is 4.79 Å². The van der Waals surface area contributed by atoms with Crippen LogP contribution in [0.1, 0.15) is 12.8 Å². The molecule has 2 aliphatic rings. The lowest BCUT2D eigenvalue weighted by atomic mass is 10.2. The number of ether oxygens (including phenoxy) is 1. The fourth-order valence-electron chi connectivity index (χ4n) is 3.16. The maximum absolute atomic E-state index is 12.9. The number of rotatable bonds is 3. The van der Waals surface area contributed by atoms with Crippen LogP contribution in [0.4, 0.5) is 11.4 Å². The minimum Gasteiger partial charge on any atom is -0.424 e. The molecule has 2 aromatic rings. The zero-order chi connectivity index (χ0) is 18.5. The summed E-state index contributed by atoms with van der Waals surface area (Å²) in [6.45, 7) is 0. The van der Waals surface area contributed by atoms with Crippen LogP contribution in [0.2, 0.25) is 5.02 Å². The van der Waals surface area contributed by atoms with E-state index in [1.807, 2.05) is 18.2 Å². The topological polar surface area (TPSA) is 89.8 Å². The minimum atomic E-state index is -1.16. The van der Waals surface area contributed by atoms with E-state index in [0.29, 0.717) is 12.1 Å². The number of nitro groups is 1. The molecule has 132 valence electrons. The Bertz CT molecular complexity index is 966. The number of hydrogen-bond donors (Lipinski definition) is 0. The lowest BCUT2D eigenvalue weighted by Crippen LogP contribution is -2.48. The van der Waals surface area contributed by atoms with Crippen molar-refractivity contribution in [2.24, 2.45) is 0 Å². The third-order valence-corrected chi connectivity index (χ3v) is 6.08. The van der Waals surface area contributed by atoms with Gasteiger partial charge in [0.2, 0.25) is 5.91 Å². The summed E-state index contributed by atoms with van der Waals surface area (Å²) < 4.78 is 5.44. The van der Waals surface area contributed by atoms with Crippen molar-refractivity contribution in [3.8, 4) is 5.75 Å². The molecular formula is C17H11ClN2O5S. The number of amides is 1. The van der Waals surface area contributed by atoms with Gasteiger partial charge in [-0.05, 0) is 18.2 Å². The average Bonchev–Trinajstić information content (AvgIpc) is 3.11. The molecule has 0 saturated carbocycles. The molecule has 1 atom stereocenters. The Morgan fingerprint density at radius 1 is 1.31 bits per heavy atom. The summed E-state index contributed by atoms with van der Waals surface area (Å²) in [6.07, 6.45) is 0.572. The molecule has 1 fully saturated rings. The van der Waals surface area contributed by atoms with E-state index in [9.17, 15) is 19.7 Å². The van der Waals surface area contributed by atoms with Gasteiger partial charge in [-0.15, -0.1) is 0 Å². The van der Waals surface area contributed by atoms with Crippen LogP contribution < -0.4 is 9.64 Å². The molecule has 0 spiro atoms. The maximum Gasteiger partial charge on any atom is 0.348 e. The summed E-state index contributed by atoms with van der Waals surface area (Å²) in [5.74, 6) is -0.647. The third-order valence-electron chi connectivity index (χ3n) is 4.32. The normalized spacial score (nSPS) is 20.7. The van der Waals surface area contributed by atoms with E-state index in [1.165, 1.54) is 34.9 Å². The second-order valence-electron chi connectivity index (χ2n) is 5.84. The lowest BCUT2D eigenvalue weighted by Gasteiger charge is -2.28. The van der Waals surface area contributed by atoms with Crippen LogP contribution in [0.25, 0.3) is 0 Å². The van der Waals surface area contributed by atoms with Gasteiger partial charge in [0.15, 0.2) is 4.87 Å². The molecule has 4 rings (SSSR count). The number of para-hydroxylation sites is 1.